The number of rotatable bonds is 6. The summed E-state index contributed by atoms with van der Waals surface area (Å²) in [6.45, 7) is 0.0360. The van der Waals surface area contributed by atoms with Crippen LogP contribution in [0.2, 0.25) is 5.02 Å². The molecule has 0 spiro atoms. The van der Waals surface area contributed by atoms with Crippen molar-refractivity contribution in [1.29, 1.82) is 0 Å². The zero-order valence-electron chi connectivity index (χ0n) is 14.1. The third-order valence-corrected chi connectivity index (χ3v) is 6.11. The van der Waals surface area contributed by atoms with E-state index in [2.05, 4.69) is 10.6 Å². The van der Waals surface area contributed by atoms with E-state index >= 15 is 0 Å². The third-order valence-electron chi connectivity index (χ3n) is 4.04. The summed E-state index contributed by atoms with van der Waals surface area (Å²) in [5.74, 6) is -1.60. The number of hydrogen-bond acceptors (Lipinski definition) is 5. The van der Waals surface area contributed by atoms with E-state index in [4.69, 9.17) is 11.6 Å². The largest absolute Gasteiger partial charge is 0.378 e. The second kappa shape index (κ2) is 8.67. The van der Waals surface area contributed by atoms with E-state index in [1.807, 2.05) is 22.2 Å². The molecule has 2 amide bonds. The lowest BCUT2D eigenvalue weighted by atomic mass is 9.94. The fourth-order valence-corrected chi connectivity index (χ4v) is 4.30. The summed E-state index contributed by atoms with van der Waals surface area (Å²) in [4.78, 5) is 24.9. The summed E-state index contributed by atoms with van der Waals surface area (Å²) in [6, 6.07) is 12.5. The monoisotopic (exact) mass is 420 g/mol. The van der Waals surface area contributed by atoms with Crippen LogP contribution in [0.3, 0.4) is 0 Å². The van der Waals surface area contributed by atoms with Crippen molar-refractivity contribution in [3.8, 4) is 0 Å². The van der Waals surface area contributed by atoms with Gasteiger partial charge >= 0.3 is 11.8 Å². The maximum Gasteiger partial charge on any atom is 0.309 e. The van der Waals surface area contributed by atoms with Gasteiger partial charge < -0.3 is 15.7 Å². The first-order chi connectivity index (χ1) is 13.0. The van der Waals surface area contributed by atoms with E-state index in [-0.39, 0.29) is 13.1 Å². The van der Waals surface area contributed by atoms with E-state index in [9.17, 15) is 14.7 Å². The minimum absolute atomic E-state index is 0.109. The molecule has 0 aliphatic heterocycles. The van der Waals surface area contributed by atoms with Crippen LogP contribution in [0.1, 0.15) is 16.0 Å². The topological polar surface area (TPSA) is 78.4 Å². The third kappa shape index (κ3) is 4.56. The van der Waals surface area contributed by atoms with Gasteiger partial charge in [0, 0.05) is 22.0 Å². The van der Waals surface area contributed by atoms with Crippen LogP contribution in [0.15, 0.2) is 58.6 Å². The molecule has 1 aromatic carbocycles. The number of aliphatic hydroxyl groups is 1. The summed E-state index contributed by atoms with van der Waals surface area (Å²) in [7, 11) is 0. The van der Waals surface area contributed by atoms with Gasteiger partial charge in [-0.25, -0.2) is 0 Å². The smallest absolute Gasteiger partial charge is 0.309 e. The highest BCUT2D eigenvalue weighted by Gasteiger charge is 2.34. The fourth-order valence-electron chi connectivity index (χ4n) is 2.53. The highest BCUT2D eigenvalue weighted by atomic mass is 35.5. The first kappa shape index (κ1) is 19.6. The number of carbonyl (C=O) groups is 2. The number of thiophene rings is 2. The molecule has 0 aliphatic carbocycles. The molecule has 1 atom stereocenters. The molecule has 0 saturated heterocycles. The van der Waals surface area contributed by atoms with Gasteiger partial charge in [-0.2, -0.15) is 11.3 Å². The maximum atomic E-state index is 12.2. The SMILES string of the molecule is O=C(NCc1ccccc1Cl)C(=O)NCC(O)(c1ccsc1)c1cccs1. The molecule has 0 fully saturated rings. The van der Waals surface area contributed by atoms with Crippen molar-refractivity contribution in [2.24, 2.45) is 0 Å². The summed E-state index contributed by atoms with van der Waals surface area (Å²) < 4.78 is 0. The Morgan fingerprint density at radius 3 is 2.48 bits per heavy atom. The normalized spacial score (nSPS) is 13.0. The molecule has 5 nitrogen and oxygen atoms in total. The Morgan fingerprint density at radius 2 is 1.81 bits per heavy atom. The number of benzene rings is 1. The van der Waals surface area contributed by atoms with Gasteiger partial charge in [0.05, 0.1) is 6.54 Å². The molecular formula is C19H17ClN2O3S2. The number of hydrogen-bond donors (Lipinski definition) is 3. The molecule has 3 rings (SSSR count). The Hall–Kier alpha value is -2.19. The van der Waals surface area contributed by atoms with Gasteiger partial charge in [0.15, 0.2) is 0 Å². The van der Waals surface area contributed by atoms with Crippen LogP contribution in [0, 0.1) is 0 Å². The standard InChI is InChI=1S/C19H17ClN2O3S2/c20-15-5-2-1-4-13(15)10-21-17(23)18(24)22-12-19(25,14-7-9-26-11-14)16-6-3-8-27-16/h1-9,11,25H,10,12H2,(H,21,23)(H,22,24). The van der Waals surface area contributed by atoms with Crippen molar-refractivity contribution in [1.82, 2.24) is 10.6 Å². The van der Waals surface area contributed by atoms with Crippen LogP contribution in [-0.2, 0) is 21.7 Å². The first-order valence-corrected chi connectivity index (χ1v) is 10.3. The van der Waals surface area contributed by atoms with Gasteiger partial charge in [-0.1, -0.05) is 35.9 Å². The summed E-state index contributed by atoms with van der Waals surface area (Å²) in [5, 5.41) is 22.3. The zero-order valence-corrected chi connectivity index (χ0v) is 16.5. The maximum absolute atomic E-state index is 12.2. The van der Waals surface area contributed by atoms with Gasteiger partial charge in [-0.15, -0.1) is 11.3 Å². The average Bonchev–Trinajstić information content (AvgIpc) is 3.39. The van der Waals surface area contributed by atoms with Crippen LogP contribution in [-0.4, -0.2) is 23.5 Å². The Bertz CT molecular complexity index is 877. The van der Waals surface area contributed by atoms with E-state index in [0.29, 0.717) is 21.0 Å². The molecule has 0 saturated carbocycles. The molecule has 3 aromatic rings. The Morgan fingerprint density at radius 1 is 1.04 bits per heavy atom. The molecule has 0 bridgehead atoms. The van der Waals surface area contributed by atoms with Crippen molar-refractivity contribution in [3.05, 3.63) is 79.6 Å². The second-order valence-corrected chi connectivity index (χ2v) is 7.94. The van der Waals surface area contributed by atoms with Crippen LogP contribution < -0.4 is 10.6 Å². The lowest BCUT2D eigenvalue weighted by Gasteiger charge is -2.26. The minimum atomic E-state index is -1.38. The van der Waals surface area contributed by atoms with Crippen LogP contribution >= 0.6 is 34.3 Å². The van der Waals surface area contributed by atoms with Gasteiger partial charge in [-0.3, -0.25) is 9.59 Å². The van der Waals surface area contributed by atoms with Gasteiger partial charge in [0.25, 0.3) is 0 Å². The van der Waals surface area contributed by atoms with Crippen molar-refractivity contribution in [3.63, 3.8) is 0 Å². The van der Waals surface area contributed by atoms with E-state index < -0.39 is 17.4 Å². The summed E-state index contributed by atoms with van der Waals surface area (Å²) >= 11 is 8.88. The van der Waals surface area contributed by atoms with Crippen molar-refractivity contribution < 1.29 is 14.7 Å². The highest BCUT2D eigenvalue weighted by molar-refractivity contribution is 7.10. The summed E-state index contributed by atoms with van der Waals surface area (Å²) in [5.41, 5.74) is 0.00717. The molecule has 3 N–H and O–H groups in total. The quantitative estimate of drug-likeness (QED) is 0.536. The second-order valence-electron chi connectivity index (χ2n) is 5.81. The van der Waals surface area contributed by atoms with Crippen molar-refractivity contribution >= 4 is 46.1 Å². The first-order valence-electron chi connectivity index (χ1n) is 8.09. The Labute approximate surface area is 169 Å². The van der Waals surface area contributed by atoms with Crippen LogP contribution in [0.25, 0.3) is 0 Å². The van der Waals surface area contributed by atoms with E-state index in [1.54, 1.807) is 36.4 Å². The molecule has 8 heteroatoms. The minimum Gasteiger partial charge on any atom is -0.378 e. The zero-order chi connectivity index (χ0) is 19.3. The van der Waals surface area contributed by atoms with E-state index in [1.165, 1.54) is 22.7 Å². The lowest BCUT2D eigenvalue weighted by Crippen LogP contribution is -2.46. The predicted molar refractivity (Wildman–Crippen MR) is 108 cm³/mol. The molecule has 27 heavy (non-hydrogen) atoms. The lowest BCUT2D eigenvalue weighted by molar-refractivity contribution is -0.139. The average molecular weight is 421 g/mol. The highest BCUT2D eigenvalue weighted by Crippen LogP contribution is 2.33. The van der Waals surface area contributed by atoms with Gasteiger partial charge in [0.2, 0.25) is 0 Å². The molecule has 2 heterocycles. The van der Waals surface area contributed by atoms with Crippen molar-refractivity contribution in [2.75, 3.05) is 6.54 Å². The molecule has 0 aliphatic rings. The Kier molecular flexibility index (Phi) is 6.28. The van der Waals surface area contributed by atoms with Gasteiger partial charge in [0.1, 0.15) is 5.60 Å². The number of amides is 2. The van der Waals surface area contributed by atoms with Crippen molar-refractivity contribution in [2.45, 2.75) is 12.1 Å². The molecular weight excluding hydrogens is 404 g/mol. The fraction of sp³-hybridized carbons (Fsp3) is 0.158. The molecule has 1 unspecified atom stereocenters. The van der Waals surface area contributed by atoms with Crippen LogP contribution in [0.4, 0.5) is 0 Å². The molecule has 140 valence electrons. The number of carbonyl (C=O) groups excluding carboxylic acids is 2. The summed E-state index contributed by atoms with van der Waals surface area (Å²) in [6.07, 6.45) is 0. The molecule has 2 aromatic heterocycles. The Balaban J connectivity index is 1.63. The number of halogens is 1. The van der Waals surface area contributed by atoms with E-state index in [0.717, 1.165) is 0 Å². The molecule has 0 radical (unpaired) electrons. The van der Waals surface area contributed by atoms with Gasteiger partial charge in [-0.05, 0) is 39.9 Å². The predicted octanol–water partition coefficient (Wildman–Crippen LogP) is 3.13. The number of nitrogens with one attached hydrogen (secondary N) is 2. The van der Waals surface area contributed by atoms with Crippen LogP contribution in [0.5, 0.6) is 0 Å².